The summed E-state index contributed by atoms with van der Waals surface area (Å²) in [7, 11) is 0. The van der Waals surface area contributed by atoms with Gasteiger partial charge in [0.05, 0.1) is 11.7 Å². The van der Waals surface area contributed by atoms with E-state index in [2.05, 4.69) is 4.99 Å². The number of nitrogens with two attached hydrogens (primary N) is 2. The second-order valence-corrected chi connectivity index (χ2v) is 4.28. The number of fused-ring (bicyclic) bond motifs is 1. The van der Waals surface area contributed by atoms with Gasteiger partial charge in [0.2, 0.25) is 0 Å². The zero-order valence-corrected chi connectivity index (χ0v) is 9.61. The van der Waals surface area contributed by atoms with Gasteiger partial charge in [0.25, 0.3) is 0 Å². The Morgan fingerprint density at radius 2 is 2.31 bits per heavy atom. The molecule has 1 aliphatic carbocycles. The van der Waals surface area contributed by atoms with Crippen LogP contribution in [0.4, 0.5) is 0 Å². The minimum absolute atomic E-state index is 0.186. The van der Waals surface area contributed by atoms with Crippen molar-refractivity contribution >= 4 is 17.8 Å². The molecule has 1 aliphatic rings. The van der Waals surface area contributed by atoms with Crippen molar-refractivity contribution in [2.24, 2.45) is 16.5 Å². The second-order valence-electron chi connectivity index (χ2n) is 3.84. The molecule has 1 unspecified atom stereocenters. The third kappa shape index (κ3) is 2.19. The van der Waals surface area contributed by atoms with E-state index in [1.807, 2.05) is 18.2 Å². The molecule has 84 valence electrons. The molecule has 2 rings (SSSR count). The summed E-state index contributed by atoms with van der Waals surface area (Å²) in [5.41, 5.74) is 13.8. The smallest absolute Gasteiger partial charge is 0.0755 e. The third-order valence-corrected chi connectivity index (χ3v) is 2.98. The van der Waals surface area contributed by atoms with Gasteiger partial charge in [0, 0.05) is 17.4 Å². The van der Waals surface area contributed by atoms with Gasteiger partial charge in [-0.3, -0.25) is 4.99 Å². The molecule has 1 aromatic carbocycles. The quantitative estimate of drug-likeness (QED) is 0.772. The monoisotopic (exact) mass is 235 g/mol. The molecule has 0 spiro atoms. The SMILES string of the molecule is N/C=C(/N)C=NC1CCc2cc(Cl)ccc21. The number of benzene rings is 1. The van der Waals surface area contributed by atoms with E-state index in [1.165, 1.54) is 17.3 Å². The lowest BCUT2D eigenvalue weighted by atomic mass is 10.1. The topological polar surface area (TPSA) is 64.4 Å². The predicted molar refractivity (Wildman–Crippen MR) is 67.5 cm³/mol. The average molecular weight is 236 g/mol. The van der Waals surface area contributed by atoms with Crippen molar-refractivity contribution in [3.05, 3.63) is 46.2 Å². The van der Waals surface area contributed by atoms with Crippen molar-refractivity contribution in [2.75, 3.05) is 0 Å². The molecular weight excluding hydrogens is 222 g/mol. The molecule has 4 heteroatoms. The highest BCUT2D eigenvalue weighted by molar-refractivity contribution is 6.30. The number of aliphatic imine (C=N–C) groups is 1. The summed E-state index contributed by atoms with van der Waals surface area (Å²) in [4.78, 5) is 4.42. The summed E-state index contributed by atoms with van der Waals surface area (Å²) in [5, 5.41) is 0.782. The highest BCUT2D eigenvalue weighted by atomic mass is 35.5. The molecule has 0 fully saturated rings. The number of hydrogen-bond donors (Lipinski definition) is 2. The number of hydrogen-bond acceptors (Lipinski definition) is 3. The molecule has 3 nitrogen and oxygen atoms in total. The van der Waals surface area contributed by atoms with E-state index >= 15 is 0 Å². The Labute approximate surface area is 99.8 Å². The minimum atomic E-state index is 0.186. The fourth-order valence-corrected chi connectivity index (χ4v) is 2.13. The third-order valence-electron chi connectivity index (χ3n) is 2.75. The lowest BCUT2D eigenvalue weighted by Gasteiger charge is -2.05. The van der Waals surface area contributed by atoms with Crippen LogP contribution in [-0.2, 0) is 6.42 Å². The van der Waals surface area contributed by atoms with Gasteiger partial charge in [-0.15, -0.1) is 0 Å². The highest BCUT2D eigenvalue weighted by Crippen LogP contribution is 2.35. The molecule has 0 saturated heterocycles. The van der Waals surface area contributed by atoms with Crippen LogP contribution >= 0.6 is 11.6 Å². The Morgan fingerprint density at radius 1 is 1.50 bits per heavy atom. The number of aryl methyl sites for hydroxylation is 1. The number of nitrogens with zero attached hydrogens (tertiary/aromatic N) is 1. The first-order valence-corrected chi connectivity index (χ1v) is 5.57. The average Bonchev–Trinajstić information content (AvgIpc) is 2.68. The van der Waals surface area contributed by atoms with Crippen LogP contribution in [-0.4, -0.2) is 6.21 Å². The van der Waals surface area contributed by atoms with Gasteiger partial charge in [-0.25, -0.2) is 0 Å². The Bertz CT molecular complexity index is 452. The summed E-state index contributed by atoms with van der Waals surface area (Å²) >= 11 is 5.94. The maximum Gasteiger partial charge on any atom is 0.0755 e. The molecule has 4 N–H and O–H groups in total. The fourth-order valence-electron chi connectivity index (χ4n) is 1.94. The molecule has 0 heterocycles. The normalized spacial score (nSPS) is 20.3. The highest BCUT2D eigenvalue weighted by Gasteiger charge is 2.21. The zero-order valence-electron chi connectivity index (χ0n) is 8.86. The summed E-state index contributed by atoms with van der Waals surface area (Å²) in [6.45, 7) is 0. The second kappa shape index (κ2) is 4.58. The van der Waals surface area contributed by atoms with Crippen molar-refractivity contribution in [3.8, 4) is 0 Å². The van der Waals surface area contributed by atoms with Gasteiger partial charge >= 0.3 is 0 Å². The van der Waals surface area contributed by atoms with Gasteiger partial charge in [-0.1, -0.05) is 17.7 Å². The Morgan fingerprint density at radius 3 is 3.06 bits per heavy atom. The predicted octanol–water partition coefficient (Wildman–Crippen LogP) is 2.16. The molecular formula is C12H14ClN3. The number of allylic oxidation sites excluding steroid dienone is 1. The molecule has 1 aromatic rings. The van der Waals surface area contributed by atoms with Crippen molar-refractivity contribution in [3.63, 3.8) is 0 Å². The van der Waals surface area contributed by atoms with Crippen molar-refractivity contribution in [1.29, 1.82) is 0 Å². The number of rotatable bonds is 2. The van der Waals surface area contributed by atoms with Crippen molar-refractivity contribution in [2.45, 2.75) is 18.9 Å². The van der Waals surface area contributed by atoms with Crippen LogP contribution in [0.2, 0.25) is 5.02 Å². The van der Waals surface area contributed by atoms with Crippen LogP contribution in [0, 0.1) is 0 Å². The summed E-state index contributed by atoms with van der Waals surface area (Å²) in [5.74, 6) is 0. The van der Waals surface area contributed by atoms with E-state index in [1.54, 1.807) is 6.21 Å². The van der Waals surface area contributed by atoms with Gasteiger partial charge in [0.15, 0.2) is 0 Å². The molecule has 1 atom stereocenters. The molecule has 0 aliphatic heterocycles. The maximum absolute atomic E-state index is 5.94. The van der Waals surface area contributed by atoms with Crippen LogP contribution in [0.15, 0.2) is 35.1 Å². The standard InChI is InChI=1S/C12H14ClN3/c13-9-2-3-11-8(5-9)1-4-12(11)16-7-10(15)6-14/h2-3,5-7,12H,1,4,14-15H2/b10-6+,16-7?. The Balaban J connectivity index is 2.21. The Hall–Kier alpha value is -1.48. The zero-order chi connectivity index (χ0) is 11.5. The molecule has 0 radical (unpaired) electrons. The van der Waals surface area contributed by atoms with Gasteiger partial charge < -0.3 is 11.5 Å². The first-order valence-electron chi connectivity index (χ1n) is 5.19. The largest absolute Gasteiger partial charge is 0.403 e. The molecule has 0 bridgehead atoms. The van der Waals surface area contributed by atoms with E-state index in [9.17, 15) is 0 Å². The maximum atomic E-state index is 5.94. The van der Waals surface area contributed by atoms with E-state index < -0.39 is 0 Å². The molecule has 0 aromatic heterocycles. The minimum Gasteiger partial charge on any atom is -0.403 e. The lowest BCUT2D eigenvalue weighted by Crippen LogP contribution is -2.02. The first kappa shape index (κ1) is 11.0. The fraction of sp³-hybridized carbons (Fsp3) is 0.250. The molecule has 0 saturated carbocycles. The van der Waals surface area contributed by atoms with E-state index in [0.29, 0.717) is 5.70 Å². The lowest BCUT2D eigenvalue weighted by molar-refractivity contribution is 0.718. The van der Waals surface area contributed by atoms with E-state index in [-0.39, 0.29) is 6.04 Å². The van der Waals surface area contributed by atoms with Gasteiger partial charge in [0.1, 0.15) is 0 Å². The molecule has 0 amide bonds. The van der Waals surface area contributed by atoms with E-state index in [4.69, 9.17) is 23.1 Å². The molecule has 16 heavy (non-hydrogen) atoms. The van der Waals surface area contributed by atoms with Crippen molar-refractivity contribution in [1.82, 2.24) is 0 Å². The van der Waals surface area contributed by atoms with Crippen molar-refractivity contribution < 1.29 is 0 Å². The van der Waals surface area contributed by atoms with Crippen LogP contribution in [0.5, 0.6) is 0 Å². The van der Waals surface area contributed by atoms with Crippen LogP contribution in [0.3, 0.4) is 0 Å². The summed E-state index contributed by atoms with van der Waals surface area (Å²) in [6.07, 6.45) is 4.99. The van der Waals surface area contributed by atoms with E-state index in [0.717, 1.165) is 17.9 Å². The van der Waals surface area contributed by atoms with Crippen LogP contribution < -0.4 is 11.5 Å². The summed E-state index contributed by atoms with van der Waals surface area (Å²) < 4.78 is 0. The first-order chi connectivity index (χ1) is 7.70. The number of halogens is 1. The van der Waals surface area contributed by atoms with Gasteiger partial charge in [-0.2, -0.15) is 0 Å². The van der Waals surface area contributed by atoms with Gasteiger partial charge in [-0.05, 0) is 36.1 Å². The van der Waals surface area contributed by atoms with Crippen LogP contribution in [0.1, 0.15) is 23.6 Å². The Kier molecular flexibility index (Phi) is 3.15. The summed E-state index contributed by atoms with van der Waals surface area (Å²) in [6, 6.07) is 6.13. The van der Waals surface area contributed by atoms with Crippen LogP contribution in [0.25, 0.3) is 0 Å².